The van der Waals surface area contributed by atoms with Crippen molar-refractivity contribution in [1.82, 2.24) is 34.7 Å². The van der Waals surface area contributed by atoms with E-state index in [1.54, 1.807) is 12.3 Å². The molecule has 24 heavy (non-hydrogen) atoms. The Kier molecular flexibility index (Phi) is 3.73. The molecule has 0 bridgehead atoms. The SMILES string of the molecule is O=C(Cn1nnn(-c2cccs2)c1=O)NC1CCc2nccn2C1. The Morgan fingerprint density at radius 2 is 2.33 bits per heavy atom. The number of aryl methyl sites for hydroxylation is 1. The van der Waals surface area contributed by atoms with Crippen LogP contribution in [0.5, 0.6) is 0 Å². The van der Waals surface area contributed by atoms with Gasteiger partial charge in [0.1, 0.15) is 17.4 Å². The van der Waals surface area contributed by atoms with Crippen molar-refractivity contribution in [1.29, 1.82) is 0 Å². The number of thiophene rings is 1. The van der Waals surface area contributed by atoms with Crippen molar-refractivity contribution >= 4 is 17.2 Å². The summed E-state index contributed by atoms with van der Waals surface area (Å²) in [4.78, 5) is 28.7. The first-order chi connectivity index (χ1) is 11.7. The summed E-state index contributed by atoms with van der Waals surface area (Å²) in [6.07, 6.45) is 5.33. The van der Waals surface area contributed by atoms with E-state index >= 15 is 0 Å². The third-order valence-corrected chi connectivity index (χ3v) is 4.79. The van der Waals surface area contributed by atoms with E-state index in [0.717, 1.165) is 23.3 Å². The van der Waals surface area contributed by atoms with Crippen molar-refractivity contribution in [2.75, 3.05) is 0 Å². The number of tetrazole rings is 1. The largest absolute Gasteiger partial charge is 0.369 e. The number of nitrogens with one attached hydrogen (secondary N) is 1. The summed E-state index contributed by atoms with van der Waals surface area (Å²) in [5, 5.41) is 13.1. The van der Waals surface area contributed by atoms with Gasteiger partial charge in [0.05, 0.1) is 0 Å². The lowest BCUT2D eigenvalue weighted by Crippen LogP contribution is -2.43. The zero-order valence-electron chi connectivity index (χ0n) is 12.7. The Bertz CT molecular complexity index is 908. The minimum absolute atomic E-state index is 0.0299. The molecule has 9 nitrogen and oxygen atoms in total. The third-order valence-electron chi connectivity index (χ3n) is 3.95. The molecular weight excluding hydrogens is 330 g/mol. The van der Waals surface area contributed by atoms with Gasteiger partial charge in [0, 0.05) is 31.4 Å². The molecule has 1 unspecified atom stereocenters. The molecule has 0 spiro atoms. The van der Waals surface area contributed by atoms with E-state index in [2.05, 4.69) is 20.7 Å². The Morgan fingerprint density at radius 1 is 1.42 bits per heavy atom. The van der Waals surface area contributed by atoms with Crippen molar-refractivity contribution in [3.63, 3.8) is 0 Å². The maximum absolute atomic E-state index is 12.2. The number of aromatic nitrogens is 6. The second-order valence-corrected chi connectivity index (χ2v) is 6.51. The fourth-order valence-electron chi connectivity index (χ4n) is 2.80. The number of hydrogen-bond donors (Lipinski definition) is 1. The zero-order chi connectivity index (χ0) is 16.5. The van der Waals surface area contributed by atoms with E-state index in [-0.39, 0.29) is 18.5 Å². The number of imidazole rings is 1. The van der Waals surface area contributed by atoms with Crippen LogP contribution < -0.4 is 11.0 Å². The smallest absolute Gasteiger partial charge is 0.350 e. The van der Waals surface area contributed by atoms with Gasteiger partial charge < -0.3 is 9.88 Å². The van der Waals surface area contributed by atoms with Crippen LogP contribution >= 0.6 is 11.3 Å². The fourth-order valence-corrected chi connectivity index (χ4v) is 3.46. The molecule has 0 radical (unpaired) electrons. The van der Waals surface area contributed by atoms with Crippen LogP contribution in [0.2, 0.25) is 0 Å². The maximum Gasteiger partial charge on any atom is 0.369 e. The lowest BCUT2D eigenvalue weighted by Gasteiger charge is -2.24. The minimum Gasteiger partial charge on any atom is -0.350 e. The number of carbonyl (C=O) groups excluding carboxylic acids is 1. The summed E-state index contributed by atoms with van der Waals surface area (Å²) in [6, 6.07) is 3.63. The second kappa shape index (κ2) is 6.04. The highest BCUT2D eigenvalue weighted by atomic mass is 32.1. The molecule has 0 aliphatic carbocycles. The molecule has 1 aliphatic heterocycles. The first-order valence-electron chi connectivity index (χ1n) is 7.57. The van der Waals surface area contributed by atoms with Gasteiger partial charge in [-0.1, -0.05) is 0 Å². The Balaban J connectivity index is 1.41. The number of nitrogens with zero attached hydrogens (tertiary/aromatic N) is 6. The Morgan fingerprint density at radius 3 is 3.17 bits per heavy atom. The summed E-state index contributed by atoms with van der Waals surface area (Å²) >= 11 is 1.38. The fraction of sp³-hybridized carbons (Fsp3) is 0.357. The van der Waals surface area contributed by atoms with E-state index < -0.39 is 5.69 Å². The first-order valence-corrected chi connectivity index (χ1v) is 8.45. The quantitative estimate of drug-likeness (QED) is 0.707. The van der Waals surface area contributed by atoms with Gasteiger partial charge in [0.15, 0.2) is 0 Å². The standard InChI is InChI=1S/C14H15N7O2S/c22-12(16-10-3-4-11-15-5-6-19(11)8-10)9-20-14(23)21(18-17-20)13-2-1-7-24-13/h1-2,5-7,10H,3-4,8-9H2,(H,16,22). The average molecular weight is 345 g/mol. The number of rotatable bonds is 4. The molecule has 10 heteroatoms. The van der Waals surface area contributed by atoms with Crippen molar-refractivity contribution in [2.45, 2.75) is 32.0 Å². The van der Waals surface area contributed by atoms with Gasteiger partial charge in [-0.25, -0.2) is 9.78 Å². The van der Waals surface area contributed by atoms with Gasteiger partial charge in [0.25, 0.3) is 0 Å². The molecule has 1 amide bonds. The number of carbonyl (C=O) groups is 1. The van der Waals surface area contributed by atoms with Gasteiger partial charge in [-0.3, -0.25) is 4.79 Å². The predicted octanol–water partition coefficient (Wildman–Crippen LogP) is -0.182. The highest BCUT2D eigenvalue weighted by Crippen LogP contribution is 2.13. The molecule has 4 heterocycles. The number of fused-ring (bicyclic) bond motifs is 1. The summed E-state index contributed by atoms with van der Waals surface area (Å²) < 4.78 is 4.30. The highest BCUT2D eigenvalue weighted by Gasteiger charge is 2.21. The summed E-state index contributed by atoms with van der Waals surface area (Å²) in [7, 11) is 0. The molecule has 3 aromatic heterocycles. The lowest BCUT2D eigenvalue weighted by molar-refractivity contribution is -0.122. The summed E-state index contributed by atoms with van der Waals surface area (Å²) in [5.74, 6) is 0.791. The summed E-state index contributed by atoms with van der Waals surface area (Å²) in [5.41, 5.74) is -0.423. The molecule has 0 saturated heterocycles. The topological polar surface area (TPSA) is 99.6 Å². The van der Waals surface area contributed by atoms with Crippen molar-refractivity contribution in [2.24, 2.45) is 0 Å². The Hall–Kier alpha value is -2.75. The monoisotopic (exact) mass is 345 g/mol. The minimum atomic E-state index is -0.423. The van der Waals surface area contributed by atoms with Crippen molar-refractivity contribution in [3.8, 4) is 5.00 Å². The van der Waals surface area contributed by atoms with Gasteiger partial charge in [-0.05, 0) is 34.4 Å². The third kappa shape index (κ3) is 2.75. The molecule has 0 aromatic carbocycles. The van der Waals surface area contributed by atoms with Gasteiger partial charge in [0.2, 0.25) is 5.91 Å². The highest BCUT2D eigenvalue weighted by molar-refractivity contribution is 7.12. The van der Waals surface area contributed by atoms with Crippen LogP contribution in [0.3, 0.4) is 0 Å². The molecule has 124 valence electrons. The van der Waals surface area contributed by atoms with E-state index in [0.29, 0.717) is 11.5 Å². The number of hydrogen-bond acceptors (Lipinski definition) is 6. The molecule has 0 fully saturated rings. The van der Waals surface area contributed by atoms with Crippen molar-refractivity contribution in [3.05, 3.63) is 46.2 Å². The average Bonchev–Trinajstić information content (AvgIpc) is 3.29. The maximum atomic E-state index is 12.2. The van der Waals surface area contributed by atoms with Crippen LogP contribution in [0.4, 0.5) is 0 Å². The molecule has 1 N–H and O–H groups in total. The van der Waals surface area contributed by atoms with Gasteiger partial charge in [-0.15, -0.1) is 11.3 Å². The van der Waals surface area contributed by atoms with Crippen LogP contribution in [-0.4, -0.2) is 41.3 Å². The predicted molar refractivity (Wildman–Crippen MR) is 86.0 cm³/mol. The van der Waals surface area contributed by atoms with E-state index in [1.807, 2.05) is 22.2 Å². The van der Waals surface area contributed by atoms with Gasteiger partial charge in [-0.2, -0.15) is 9.36 Å². The molecule has 1 aliphatic rings. The van der Waals surface area contributed by atoms with Crippen LogP contribution in [0.1, 0.15) is 12.2 Å². The molecule has 0 saturated carbocycles. The van der Waals surface area contributed by atoms with Crippen LogP contribution in [0, 0.1) is 0 Å². The van der Waals surface area contributed by atoms with Gasteiger partial charge >= 0.3 is 5.69 Å². The first kappa shape index (κ1) is 14.8. The molecular formula is C14H15N7O2S. The Labute approximate surface area is 140 Å². The zero-order valence-corrected chi connectivity index (χ0v) is 13.5. The van der Waals surface area contributed by atoms with Crippen molar-refractivity contribution < 1.29 is 4.79 Å². The molecule has 4 rings (SSSR count). The van der Waals surface area contributed by atoms with Crippen LogP contribution in [0.25, 0.3) is 5.00 Å². The molecule has 1 atom stereocenters. The lowest BCUT2D eigenvalue weighted by atomic mass is 10.1. The summed E-state index contributed by atoms with van der Waals surface area (Å²) in [6.45, 7) is 0.551. The molecule has 3 aromatic rings. The second-order valence-electron chi connectivity index (χ2n) is 5.58. The van der Waals surface area contributed by atoms with E-state index in [4.69, 9.17) is 0 Å². The van der Waals surface area contributed by atoms with E-state index in [1.165, 1.54) is 16.0 Å². The van der Waals surface area contributed by atoms with E-state index in [9.17, 15) is 9.59 Å². The van der Waals surface area contributed by atoms with Crippen LogP contribution in [-0.2, 0) is 24.3 Å². The van der Waals surface area contributed by atoms with Crippen LogP contribution in [0.15, 0.2) is 34.7 Å². The number of amides is 1. The normalized spacial score (nSPS) is 16.8.